The molecule has 0 aliphatic carbocycles. The van der Waals surface area contributed by atoms with Crippen molar-refractivity contribution in [3.05, 3.63) is 71.6 Å². The van der Waals surface area contributed by atoms with Gasteiger partial charge in [0.25, 0.3) is 5.89 Å². The lowest BCUT2D eigenvalue weighted by Crippen LogP contribution is -2.06. The number of ether oxygens (including phenoxy) is 2. The Morgan fingerprint density at radius 2 is 1.76 bits per heavy atom. The maximum absolute atomic E-state index is 12.1. The maximum Gasteiger partial charge on any atom is 0.387 e. The average Bonchev–Trinajstić information content (AvgIpc) is 3.18. The highest BCUT2D eigenvalue weighted by molar-refractivity contribution is 5.87. The fraction of sp³-hybridized carbons (Fsp3) is 0.190. The van der Waals surface area contributed by atoms with E-state index in [0.29, 0.717) is 11.5 Å². The number of carbonyl (C=O) groups is 1. The van der Waals surface area contributed by atoms with Gasteiger partial charge in [0, 0.05) is 11.6 Å². The molecule has 6 nitrogen and oxygen atoms in total. The van der Waals surface area contributed by atoms with Crippen LogP contribution in [-0.2, 0) is 9.53 Å². The Kier molecular flexibility index (Phi) is 6.33. The van der Waals surface area contributed by atoms with Crippen molar-refractivity contribution in [3.8, 4) is 17.2 Å². The molecule has 3 rings (SSSR count). The van der Waals surface area contributed by atoms with Gasteiger partial charge in [-0.05, 0) is 49.8 Å². The molecule has 1 atom stereocenters. The first-order valence-electron chi connectivity index (χ1n) is 8.75. The largest absolute Gasteiger partial charge is 0.449 e. The van der Waals surface area contributed by atoms with Crippen molar-refractivity contribution in [1.82, 2.24) is 10.2 Å². The highest BCUT2D eigenvalue weighted by Gasteiger charge is 2.18. The molecule has 0 spiro atoms. The highest BCUT2D eigenvalue weighted by atomic mass is 19.3. The van der Waals surface area contributed by atoms with Crippen LogP contribution in [0, 0.1) is 6.92 Å². The zero-order chi connectivity index (χ0) is 20.8. The van der Waals surface area contributed by atoms with E-state index in [1.54, 1.807) is 6.92 Å². The lowest BCUT2D eigenvalue weighted by Gasteiger charge is -2.07. The Hall–Kier alpha value is -3.55. The fourth-order valence-electron chi connectivity index (χ4n) is 2.40. The summed E-state index contributed by atoms with van der Waals surface area (Å²) in [7, 11) is 0. The molecule has 0 bridgehead atoms. The van der Waals surface area contributed by atoms with Crippen molar-refractivity contribution in [3.63, 3.8) is 0 Å². The van der Waals surface area contributed by atoms with E-state index in [4.69, 9.17) is 9.15 Å². The summed E-state index contributed by atoms with van der Waals surface area (Å²) in [4.78, 5) is 12.0. The first-order chi connectivity index (χ1) is 13.9. The van der Waals surface area contributed by atoms with Crippen LogP contribution in [0.2, 0.25) is 0 Å². The van der Waals surface area contributed by atoms with Crippen LogP contribution >= 0.6 is 0 Å². The molecule has 1 heterocycles. The smallest absolute Gasteiger partial charge is 0.387 e. The minimum absolute atomic E-state index is 0.0362. The van der Waals surface area contributed by atoms with Crippen LogP contribution < -0.4 is 4.74 Å². The van der Waals surface area contributed by atoms with Gasteiger partial charge in [0.2, 0.25) is 5.89 Å². The topological polar surface area (TPSA) is 74.5 Å². The number of benzene rings is 2. The van der Waals surface area contributed by atoms with E-state index in [1.165, 1.54) is 36.4 Å². The molecule has 0 radical (unpaired) electrons. The van der Waals surface area contributed by atoms with E-state index >= 15 is 0 Å². The normalized spacial score (nSPS) is 12.3. The minimum Gasteiger partial charge on any atom is -0.449 e. The van der Waals surface area contributed by atoms with Crippen molar-refractivity contribution >= 4 is 12.0 Å². The number of aromatic nitrogens is 2. The number of alkyl halides is 2. The van der Waals surface area contributed by atoms with E-state index in [0.717, 1.165) is 11.1 Å². The molecule has 29 heavy (non-hydrogen) atoms. The first-order valence-corrected chi connectivity index (χ1v) is 8.75. The summed E-state index contributed by atoms with van der Waals surface area (Å²) in [5.74, 6) is -0.0602. The molecule has 0 aliphatic rings. The van der Waals surface area contributed by atoms with Gasteiger partial charge in [-0.3, -0.25) is 0 Å². The zero-order valence-electron chi connectivity index (χ0n) is 15.7. The van der Waals surface area contributed by atoms with E-state index < -0.39 is 18.7 Å². The molecule has 2 aromatic carbocycles. The molecule has 0 amide bonds. The number of hydrogen-bond donors (Lipinski definition) is 0. The summed E-state index contributed by atoms with van der Waals surface area (Å²) in [5, 5.41) is 7.90. The van der Waals surface area contributed by atoms with Crippen molar-refractivity contribution in [2.75, 3.05) is 0 Å². The second kappa shape index (κ2) is 9.09. The monoisotopic (exact) mass is 400 g/mol. The van der Waals surface area contributed by atoms with Crippen LogP contribution in [0.3, 0.4) is 0 Å². The second-order valence-corrected chi connectivity index (χ2v) is 6.17. The molecule has 0 saturated carbocycles. The second-order valence-electron chi connectivity index (χ2n) is 6.17. The first kappa shape index (κ1) is 20.2. The zero-order valence-corrected chi connectivity index (χ0v) is 15.7. The lowest BCUT2D eigenvalue weighted by atomic mass is 10.1. The Morgan fingerprint density at radius 1 is 1.07 bits per heavy atom. The Labute approximate surface area is 165 Å². The van der Waals surface area contributed by atoms with E-state index in [1.807, 2.05) is 31.2 Å². The van der Waals surface area contributed by atoms with Gasteiger partial charge in [0.15, 0.2) is 6.10 Å². The SMILES string of the molecule is Cc1ccc(-c2nnc([C@@H](C)OC(=O)/C=C/c3ccc(OC(F)F)cc3)o2)cc1. The van der Waals surface area contributed by atoms with Crippen molar-refractivity contribution in [2.24, 2.45) is 0 Å². The van der Waals surface area contributed by atoms with Gasteiger partial charge >= 0.3 is 12.6 Å². The predicted molar refractivity (Wildman–Crippen MR) is 101 cm³/mol. The third kappa shape index (κ3) is 5.71. The van der Waals surface area contributed by atoms with Crippen LogP contribution in [0.15, 0.2) is 59.0 Å². The summed E-state index contributed by atoms with van der Waals surface area (Å²) < 4.78 is 39.4. The lowest BCUT2D eigenvalue weighted by molar-refractivity contribution is -0.143. The Bertz CT molecular complexity index is 983. The number of nitrogens with zero attached hydrogens (tertiary/aromatic N) is 2. The number of esters is 1. The van der Waals surface area contributed by atoms with Gasteiger partial charge in [0.1, 0.15) is 5.75 Å². The summed E-state index contributed by atoms with van der Waals surface area (Å²) in [6.07, 6.45) is 1.98. The third-order valence-electron chi connectivity index (χ3n) is 3.90. The molecule has 0 fully saturated rings. The highest BCUT2D eigenvalue weighted by Crippen LogP contribution is 2.23. The number of hydrogen-bond acceptors (Lipinski definition) is 6. The molecular formula is C21H18F2N2O4. The predicted octanol–water partition coefficient (Wildman–Crippen LogP) is 4.96. The van der Waals surface area contributed by atoms with Crippen LogP contribution in [0.5, 0.6) is 5.75 Å². The quantitative estimate of drug-likeness (QED) is 0.412. The summed E-state index contributed by atoms with van der Waals surface area (Å²) in [6, 6.07) is 13.4. The van der Waals surface area contributed by atoms with E-state index in [-0.39, 0.29) is 11.6 Å². The standard InChI is InChI=1S/C21H18F2N2O4/c1-13-3-8-16(9-4-13)20-25-24-19(29-20)14(2)27-18(26)12-7-15-5-10-17(11-6-15)28-21(22)23/h3-12,14,21H,1-2H3/b12-7+/t14-/m1/s1. The summed E-state index contributed by atoms with van der Waals surface area (Å²) in [6.45, 7) is 0.710. The van der Waals surface area contributed by atoms with Gasteiger partial charge in [-0.1, -0.05) is 29.8 Å². The van der Waals surface area contributed by atoms with Crippen molar-refractivity contribution in [2.45, 2.75) is 26.6 Å². The van der Waals surface area contributed by atoms with Crippen molar-refractivity contribution < 1.29 is 27.5 Å². The van der Waals surface area contributed by atoms with Crippen LogP contribution in [0.4, 0.5) is 8.78 Å². The van der Waals surface area contributed by atoms with Gasteiger partial charge in [-0.15, -0.1) is 10.2 Å². The molecule has 3 aromatic rings. The molecule has 150 valence electrons. The summed E-state index contributed by atoms with van der Waals surface area (Å²) >= 11 is 0. The average molecular weight is 400 g/mol. The number of aryl methyl sites for hydroxylation is 1. The van der Waals surface area contributed by atoms with Crippen LogP contribution in [-0.4, -0.2) is 22.8 Å². The maximum atomic E-state index is 12.1. The van der Waals surface area contributed by atoms with Gasteiger partial charge in [-0.2, -0.15) is 8.78 Å². The van der Waals surface area contributed by atoms with E-state index in [2.05, 4.69) is 14.9 Å². The third-order valence-corrected chi connectivity index (χ3v) is 3.90. The number of carbonyl (C=O) groups excluding carboxylic acids is 1. The summed E-state index contributed by atoms with van der Waals surface area (Å²) in [5.41, 5.74) is 2.50. The molecule has 1 aromatic heterocycles. The van der Waals surface area contributed by atoms with Gasteiger partial charge < -0.3 is 13.9 Å². The Morgan fingerprint density at radius 3 is 2.41 bits per heavy atom. The molecule has 0 aliphatic heterocycles. The molecule has 0 N–H and O–H groups in total. The molecule has 8 heteroatoms. The Balaban J connectivity index is 1.57. The fourth-order valence-corrected chi connectivity index (χ4v) is 2.40. The molecular weight excluding hydrogens is 382 g/mol. The van der Waals surface area contributed by atoms with Gasteiger partial charge in [-0.25, -0.2) is 4.79 Å². The van der Waals surface area contributed by atoms with Crippen molar-refractivity contribution in [1.29, 1.82) is 0 Å². The number of rotatable bonds is 7. The molecule has 0 unspecified atom stereocenters. The van der Waals surface area contributed by atoms with E-state index in [9.17, 15) is 13.6 Å². The van der Waals surface area contributed by atoms with Crippen LogP contribution in [0.25, 0.3) is 17.5 Å². The molecule has 0 saturated heterocycles. The number of halogens is 2. The van der Waals surface area contributed by atoms with Gasteiger partial charge in [0.05, 0.1) is 0 Å². The van der Waals surface area contributed by atoms with Crippen LogP contribution in [0.1, 0.15) is 30.0 Å². The minimum atomic E-state index is -2.89.